The van der Waals surface area contributed by atoms with Crippen LogP contribution in [0.3, 0.4) is 0 Å². The van der Waals surface area contributed by atoms with Crippen molar-refractivity contribution < 1.29 is 0 Å². The van der Waals surface area contributed by atoms with E-state index < -0.39 is 0 Å². The molecule has 0 amide bonds. The highest BCUT2D eigenvalue weighted by Gasteiger charge is 2.16. The average molecular weight is 405 g/mol. The number of nitrogens with zero attached hydrogens (tertiary/aromatic N) is 6. The molecule has 29 heavy (non-hydrogen) atoms. The van der Waals surface area contributed by atoms with E-state index in [4.69, 9.17) is 11.6 Å². The van der Waals surface area contributed by atoms with Crippen LogP contribution in [0.1, 0.15) is 0 Å². The largest absolute Gasteiger partial charge is 0.354 e. The van der Waals surface area contributed by atoms with Crippen LogP contribution in [0.15, 0.2) is 61.2 Å². The summed E-state index contributed by atoms with van der Waals surface area (Å²) in [4.78, 5) is 18.4. The molecule has 0 saturated carbocycles. The summed E-state index contributed by atoms with van der Waals surface area (Å²) in [6, 6.07) is 12.0. The van der Waals surface area contributed by atoms with Crippen LogP contribution in [0.5, 0.6) is 0 Å². The van der Waals surface area contributed by atoms with Gasteiger partial charge in [0.25, 0.3) is 0 Å². The standard InChI is InChI=1S/C22H21ClN6/c1-27-8-10-28(11-9-27)21-7-6-16(12-25-21)19-15-29-20(13-26-22(29)14-24-19)17-4-2-3-5-18(17)23/h2-7,12-15H,8-11H2,1H3. The highest BCUT2D eigenvalue weighted by atomic mass is 35.5. The average Bonchev–Trinajstić information content (AvgIpc) is 3.18. The summed E-state index contributed by atoms with van der Waals surface area (Å²) in [6.45, 7) is 4.13. The number of rotatable bonds is 3. The zero-order chi connectivity index (χ0) is 19.8. The molecule has 3 aromatic heterocycles. The van der Waals surface area contributed by atoms with Crippen molar-refractivity contribution in [1.29, 1.82) is 0 Å². The van der Waals surface area contributed by atoms with Crippen LogP contribution < -0.4 is 4.90 Å². The SMILES string of the molecule is CN1CCN(c2ccc(-c3cn4c(-c5ccccc5Cl)cnc4cn3)cn2)CC1. The van der Waals surface area contributed by atoms with Gasteiger partial charge < -0.3 is 9.80 Å². The highest BCUT2D eigenvalue weighted by molar-refractivity contribution is 6.33. The lowest BCUT2D eigenvalue weighted by Gasteiger charge is -2.33. The van der Waals surface area contributed by atoms with Crippen molar-refractivity contribution >= 4 is 23.1 Å². The number of fused-ring (bicyclic) bond motifs is 1. The number of halogens is 1. The molecule has 146 valence electrons. The Morgan fingerprint density at radius 1 is 0.862 bits per heavy atom. The molecule has 1 aliphatic heterocycles. The third-order valence-corrected chi connectivity index (χ3v) is 5.75. The second kappa shape index (κ2) is 7.46. The Labute approximate surface area is 174 Å². The van der Waals surface area contributed by atoms with Crippen LogP contribution in [-0.4, -0.2) is 57.5 Å². The lowest BCUT2D eigenvalue weighted by atomic mass is 10.1. The van der Waals surface area contributed by atoms with Gasteiger partial charge in [-0.1, -0.05) is 29.8 Å². The molecule has 1 fully saturated rings. The second-order valence-electron chi connectivity index (χ2n) is 7.32. The van der Waals surface area contributed by atoms with E-state index in [-0.39, 0.29) is 0 Å². The molecule has 4 heterocycles. The molecule has 0 bridgehead atoms. The quantitative estimate of drug-likeness (QED) is 0.519. The van der Waals surface area contributed by atoms with E-state index in [1.54, 1.807) is 6.20 Å². The Morgan fingerprint density at radius 2 is 1.69 bits per heavy atom. The van der Waals surface area contributed by atoms with Gasteiger partial charge in [0, 0.05) is 54.7 Å². The lowest BCUT2D eigenvalue weighted by Crippen LogP contribution is -2.44. The number of anilines is 1. The molecule has 1 aromatic carbocycles. The third-order valence-electron chi connectivity index (χ3n) is 5.42. The van der Waals surface area contributed by atoms with E-state index in [2.05, 4.69) is 43.9 Å². The van der Waals surface area contributed by atoms with Crippen molar-refractivity contribution in [1.82, 2.24) is 24.3 Å². The van der Waals surface area contributed by atoms with Gasteiger partial charge in [-0.15, -0.1) is 0 Å². The van der Waals surface area contributed by atoms with Crippen LogP contribution in [0.4, 0.5) is 5.82 Å². The number of piperazine rings is 1. The van der Waals surface area contributed by atoms with E-state index in [9.17, 15) is 0 Å². The van der Waals surface area contributed by atoms with E-state index in [1.807, 2.05) is 47.3 Å². The molecule has 0 unspecified atom stereocenters. The maximum absolute atomic E-state index is 6.40. The zero-order valence-corrected chi connectivity index (χ0v) is 16.9. The summed E-state index contributed by atoms with van der Waals surface area (Å²) >= 11 is 6.40. The molecule has 0 aliphatic carbocycles. The Hall–Kier alpha value is -2.96. The molecule has 0 spiro atoms. The van der Waals surface area contributed by atoms with Gasteiger partial charge in [-0.3, -0.25) is 9.38 Å². The summed E-state index contributed by atoms with van der Waals surface area (Å²) in [5, 5.41) is 0.700. The van der Waals surface area contributed by atoms with Gasteiger partial charge in [0.15, 0.2) is 5.65 Å². The van der Waals surface area contributed by atoms with E-state index in [0.717, 1.165) is 60.2 Å². The fraction of sp³-hybridized carbons (Fsp3) is 0.227. The monoisotopic (exact) mass is 404 g/mol. The zero-order valence-electron chi connectivity index (χ0n) is 16.2. The van der Waals surface area contributed by atoms with Crippen molar-refractivity contribution in [2.45, 2.75) is 0 Å². The predicted octanol–water partition coefficient (Wildman–Crippen LogP) is 3.86. The highest BCUT2D eigenvalue weighted by Crippen LogP contribution is 2.29. The van der Waals surface area contributed by atoms with Crippen LogP contribution in [0, 0.1) is 0 Å². The minimum atomic E-state index is 0.700. The Bertz CT molecular complexity index is 1150. The number of hydrogen-bond donors (Lipinski definition) is 0. The van der Waals surface area contributed by atoms with Crippen molar-refractivity contribution in [3.8, 4) is 22.5 Å². The molecule has 1 saturated heterocycles. The summed E-state index contributed by atoms with van der Waals surface area (Å²) in [7, 11) is 2.16. The minimum absolute atomic E-state index is 0.700. The summed E-state index contributed by atoms with van der Waals surface area (Å²) in [5.74, 6) is 1.02. The van der Waals surface area contributed by atoms with Gasteiger partial charge in [0.1, 0.15) is 5.82 Å². The van der Waals surface area contributed by atoms with Gasteiger partial charge >= 0.3 is 0 Å². The van der Waals surface area contributed by atoms with Crippen LogP contribution in [0.2, 0.25) is 5.02 Å². The molecule has 5 rings (SSSR count). The maximum atomic E-state index is 6.40. The Balaban J connectivity index is 1.48. The number of likely N-dealkylation sites (N-methyl/N-ethyl adjacent to an activating group) is 1. The van der Waals surface area contributed by atoms with Gasteiger partial charge in [-0.25, -0.2) is 9.97 Å². The minimum Gasteiger partial charge on any atom is -0.354 e. The number of pyridine rings is 1. The molecule has 1 aliphatic rings. The first kappa shape index (κ1) is 18.1. The molecule has 4 aromatic rings. The Kier molecular flexibility index (Phi) is 4.66. The van der Waals surface area contributed by atoms with Crippen molar-refractivity contribution in [3.05, 3.63) is 66.2 Å². The summed E-state index contributed by atoms with van der Waals surface area (Å²) < 4.78 is 2.03. The smallest absolute Gasteiger partial charge is 0.155 e. The predicted molar refractivity (Wildman–Crippen MR) is 116 cm³/mol. The van der Waals surface area contributed by atoms with E-state index >= 15 is 0 Å². The van der Waals surface area contributed by atoms with Gasteiger partial charge in [0.05, 0.1) is 23.8 Å². The fourth-order valence-corrected chi connectivity index (χ4v) is 3.90. The normalized spacial score (nSPS) is 15.2. The first-order valence-electron chi connectivity index (χ1n) is 9.67. The summed E-state index contributed by atoms with van der Waals surface area (Å²) in [5.41, 5.74) is 4.49. The first-order valence-corrected chi connectivity index (χ1v) is 10.0. The van der Waals surface area contributed by atoms with Gasteiger partial charge in [-0.2, -0.15) is 0 Å². The number of aromatic nitrogens is 4. The molecule has 0 radical (unpaired) electrons. The van der Waals surface area contributed by atoms with Crippen LogP contribution >= 0.6 is 11.6 Å². The lowest BCUT2D eigenvalue weighted by molar-refractivity contribution is 0.312. The second-order valence-corrected chi connectivity index (χ2v) is 7.73. The molecular weight excluding hydrogens is 384 g/mol. The van der Waals surface area contributed by atoms with E-state index in [1.165, 1.54) is 0 Å². The maximum Gasteiger partial charge on any atom is 0.155 e. The number of benzene rings is 1. The molecule has 0 N–H and O–H groups in total. The molecule has 6 nitrogen and oxygen atoms in total. The van der Waals surface area contributed by atoms with Crippen LogP contribution in [-0.2, 0) is 0 Å². The Morgan fingerprint density at radius 3 is 2.45 bits per heavy atom. The molecule has 0 atom stereocenters. The topological polar surface area (TPSA) is 49.6 Å². The van der Waals surface area contributed by atoms with Crippen LogP contribution in [0.25, 0.3) is 28.2 Å². The first-order chi connectivity index (χ1) is 14.2. The van der Waals surface area contributed by atoms with Crippen molar-refractivity contribution in [3.63, 3.8) is 0 Å². The van der Waals surface area contributed by atoms with Gasteiger partial charge in [0.2, 0.25) is 0 Å². The van der Waals surface area contributed by atoms with E-state index in [0.29, 0.717) is 5.02 Å². The number of hydrogen-bond acceptors (Lipinski definition) is 5. The fourth-order valence-electron chi connectivity index (χ4n) is 3.67. The third kappa shape index (κ3) is 3.45. The van der Waals surface area contributed by atoms with Crippen molar-refractivity contribution in [2.75, 3.05) is 38.1 Å². The molecule has 7 heteroatoms. The van der Waals surface area contributed by atoms with Crippen molar-refractivity contribution in [2.24, 2.45) is 0 Å². The number of imidazole rings is 1. The molecular formula is C22H21ClN6. The van der Waals surface area contributed by atoms with Gasteiger partial charge in [-0.05, 0) is 25.2 Å². The summed E-state index contributed by atoms with van der Waals surface area (Å²) in [6.07, 6.45) is 7.50.